The highest BCUT2D eigenvalue weighted by atomic mass is 15.0. The third-order valence-electron chi connectivity index (χ3n) is 11.3. The van der Waals surface area contributed by atoms with Gasteiger partial charge in [0.2, 0.25) is 0 Å². The summed E-state index contributed by atoms with van der Waals surface area (Å²) in [5, 5.41) is 4.95. The summed E-state index contributed by atoms with van der Waals surface area (Å²) in [6.45, 7) is 0. The second-order valence-electron chi connectivity index (χ2n) is 14.4. The first-order chi connectivity index (χ1) is 26.7. The monoisotopic (exact) mass is 689 g/mol. The quantitative estimate of drug-likeness (QED) is 0.179. The van der Waals surface area contributed by atoms with E-state index >= 15 is 0 Å². The summed E-state index contributed by atoms with van der Waals surface area (Å²) in [4.78, 5) is 0. The summed E-state index contributed by atoms with van der Waals surface area (Å²) in [5.74, 6) is 0. The van der Waals surface area contributed by atoms with E-state index < -0.39 is 0 Å². The van der Waals surface area contributed by atoms with Crippen LogP contribution in [0.5, 0.6) is 0 Å². The number of aromatic nitrogens is 2. The van der Waals surface area contributed by atoms with Crippen LogP contribution >= 0.6 is 0 Å². The van der Waals surface area contributed by atoms with Crippen LogP contribution in [0.3, 0.4) is 0 Å². The molecule has 0 saturated heterocycles. The Morgan fingerprint density at radius 3 is 1.91 bits per heavy atom. The molecule has 0 bridgehead atoms. The standard InChI is InChI=1S/C51H35N3/c52-47(31-36-13-11-21-41-40-18-5-4-12-35(40)30-45(36)41)37-14-10-17-39(28-37)54-48-22-8-6-19-42(48)44-26-24-34(32-51(44)54)33-25-27-50-46(29-33)43-20-7-9-23-49(43)53(50)38-15-2-1-3-16-38/h1-29,31-32H,30,52H2/b47-31-. The molecule has 3 nitrogen and oxygen atoms in total. The van der Waals surface area contributed by atoms with Gasteiger partial charge >= 0.3 is 0 Å². The van der Waals surface area contributed by atoms with Gasteiger partial charge in [-0.3, -0.25) is 0 Å². The molecule has 11 rings (SSSR count). The van der Waals surface area contributed by atoms with Crippen LogP contribution in [0.2, 0.25) is 0 Å². The molecule has 3 heteroatoms. The topological polar surface area (TPSA) is 35.9 Å². The number of benzene rings is 8. The predicted octanol–water partition coefficient (Wildman–Crippen LogP) is 12.6. The largest absolute Gasteiger partial charge is 0.398 e. The van der Waals surface area contributed by atoms with Gasteiger partial charge < -0.3 is 14.9 Å². The van der Waals surface area contributed by atoms with Crippen LogP contribution in [-0.2, 0) is 6.42 Å². The van der Waals surface area contributed by atoms with Crippen molar-refractivity contribution in [1.29, 1.82) is 0 Å². The Morgan fingerprint density at radius 2 is 1.06 bits per heavy atom. The van der Waals surface area contributed by atoms with E-state index in [1.807, 2.05) is 0 Å². The van der Waals surface area contributed by atoms with E-state index in [1.165, 1.54) is 88.2 Å². The minimum absolute atomic E-state index is 0.755. The van der Waals surface area contributed by atoms with Gasteiger partial charge in [-0.2, -0.15) is 0 Å². The van der Waals surface area contributed by atoms with E-state index in [0.717, 1.165) is 23.4 Å². The van der Waals surface area contributed by atoms with Crippen molar-refractivity contribution in [2.45, 2.75) is 6.42 Å². The van der Waals surface area contributed by atoms with Crippen molar-refractivity contribution in [3.63, 3.8) is 0 Å². The Labute approximate surface area is 313 Å². The van der Waals surface area contributed by atoms with Crippen molar-refractivity contribution in [3.8, 4) is 33.6 Å². The highest BCUT2D eigenvalue weighted by Gasteiger charge is 2.20. The van der Waals surface area contributed by atoms with Crippen molar-refractivity contribution < 1.29 is 0 Å². The van der Waals surface area contributed by atoms with Crippen LogP contribution in [0.15, 0.2) is 182 Å². The second kappa shape index (κ2) is 12.0. The summed E-state index contributed by atoms with van der Waals surface area (Å²) in [5.41, 5.74) is 24.6. The molecule has 10 aromatic rings. The van der Waals surface area contributed by atoms with Crippen LogP contribution in [0.1, 0.15) is 22.3 Å². The van der Waals surface area contributed by atoms with E-state index in [9.17, 15) is 0 Å². The number of hydrogen-bond donors (Lipinski definition) is 1. The molecular formula is C51H35N3. The van der Waals surface area contributed by atoms with E-state index in [4.69, 9.17) is 5.73 Å². The summed E-state index contributed by atoms with van der Waals surface area (Å²) in [6, 6.07) is 65.8. The zero-order chi connectivity index (χ0) is 35.8. The lowest BCUT2D eigenvalue weighted by Crippen LogP contribution is -2.00. The fraction of sp³-hybridized carbons (Fsp3) is 0.0196. The third kappa shape index (κ3) is 4.69. The molecule has 0 atom stereocenters. The van der Waals surface area contributed by atoms with E-state index in [0.29, 0.717) is 0 Å². The third-order valence-corrected chi connectivity index (χ3v) is 11.3. The number of fused-ring (bicyclic) bond motifs is 9. The molecule has 54 heavy (non-hydrogen) atoms. The molecule has 1 aliphatic rings. The maximum atomic E-state index is 6.95. The van der Waals surface area contributed by atoms with Crippen molar-refractivity contribution >= 4 is 55.4 Å². The molecule has 0 radical (unpaired) electrons. The highest BCUT2D eigenvalue weighted by molar-refractivity contribution is 6.12. The van der Waals surface area contributed by atoms with E-state index in [1.54, 1.807) is 0 Å². The van der Waals surface area contributed by atoms with E-state index in [-0.39, 0.29) is 0 Å². The van der Waals surface area contributed by atoms with Gasteiger partial charge in [0.15, 0.2) is 0 Å². The molecule has 0 unspecified atom stereocenters. The summed E-state index contributed by atoms with van der Waals surface area (Å²) in [6.07, 6.45) is 3.08. The number of rotatable bonds is 5. The summed E-state index contributed by atoms with van der Waals surface area (Å²) in [7, 11) is 0. The fourth-order valence-electron chi connectivity index (χ4n) is 8.83. The molecule has 2 heterocycles. The van der Waals surface area contributed by atoms with Gasteiger partial charge in [0, 0.05) is 38.6 Å². The molecule has 0 amide bonds. The van der Waals surface area contributed by atoms with Crippen LogP contribution in [0.4, 0.5) is 0 Å². The zero-order valence-electron chi connectivity index (χ0n) is 29.6. The van der Waals surface area contributed by atoms with Gasteiger partial charge in [-0.15, -0.1) is 0 Å². The average Bonchev–Trinajstić information content (AvgIpc) is 3.89. The summed E-state index contributed by atoms with van der Waals surface area (Å²) >= 11 is 0. The number of nitrogens with two attached hydrogens (primary N) is 1. The molecule has 0 aliphatic heterocycles. The minimum Gasteiger partial charge on any atom is -0.398 e. The lowest BCUT2D eigenvalue weighted by atomic mass is 9.99. The number of para-hydroxylation sites is 3. The predicted molar refractivity (Wildman–Crippen MR) is 227 cm³/mol. The van der Waals surface area contributed by atoms with Crippen molar-refractivity contribution in [1.82, 2.24) is 9.13 Å². The van der Waals surface area contributed by atoms with Gasteiger partial charge in [0.05, 0.1) is 22.1 Å². The molecule has 0 fully saturated rings. The zero-order valence-corrected chi connectivity index (χ0v) is 29.6. The normalized spacial score (nSPS) is 12.6. The second-order valence-corrected chi connectivity index (χ2v) is 14.4. The summed E-state index contributed by atoms with van der Waals surface area (Å²) < 4.78 is 4.76. The van der Waals surface area contributed by atoms with Gasteiger partial charge in [0.25, 0.3) is 0 Å². The molecule has 0 saturated carbocycles. The SMILES string of the molecule is N/C(=C\c1cccc2c1Cc1ccccc1-2)c1cccc(-n2c3ccccc3c3ccc(-c4ccc5c(c4)c4ccccc4n5-c4ccccc4)cc32)c1. The van der Waals surface area contributed by atoms with Gasteiger partial charge in [-0.25, -0.2) is 0 Å². The fourth-order valence-corrected chi connectivity index (χ4v) is 8.83. The Bertz CT molecular complexity index is 3140. The average molecular weight is 690 g/mol. The van der Waals surface area contributed by atoms with Crippen molar-refractivity contribution in [2.24, 2.45) is 5.73 Å². The Morgan fingerprint density at radius 1 is 0.444 bits per heavy atom. The highest BCUT2D eigenvalue weighted by Crippen LogP contribution is 2.40. The number of hydrogen-bond acceptors (Lipinski definition) is 1. The van der Waals surface area contributed by atoms with Crippen LogP contribution in [0, 0.1) is 0 Å². The lowest BCUT2D eigenvalue weighted by Gasteiger charge is -2.12. The molecule has 2 N–H and O–H groups in total. The Kier molecular flexibility index (Phi) is 6.77. The first kappa shape index (κ1) is 30.5. The first-order valence-corrected chi connectivity index (χ1v) is 18.6. The molecule has 1 aliphatic carbocycles. The van der Waals surface area contributed by atoms with Gasteiger partial charge in [-0.05, 0) is 112 Å². The molecule has 2 aromatic heterocycles. The van der Waals surface area contributed by atoms with Crippen LogP contribution in [0.25, 0.3) is 89.0 Å². The molecular weight excluding hydrogens is 655 g/mol. The Balaban J connectivity index is 1.04. The van der Waals surface area contributed by atoms with Gasteiger partial charge in [0.1, 0.15) is 0 Å². The molecule has 8 aromatic carbocycles. The minimum atomic E-state index is 0.755. The lowest BCUT2D eigenvalue weighted by molar-refractivity contribution is 1.18. The van der Waals surface area contributed by atoms with Crippen molar-refractivity contribution in [2.75, 3.05) is 0 Å². The first-order valence-electron chi connectivity index (χ1n) is 18.6. The van der Waals surface area contributed by atoms with Crippen LogP contribution < -0.4 is 5.73 Å². The maximum Gasteiger partial charge on any atom is 0.0547 e. The molecule has 254 valence electrons. The Hall–Kier alpha value is -7.10. The van der Waals surface area contributed by atoms with E-state index in [2.05, 4.69) is 197 Å². The smallest absolute Gasteiger partial charge is 0.0547 e. The molecule has 0 spiro atoms. The number of nitrogens with zero attached hydrogens (tertiary/aromatic N) is 2. The maximum absolute atomic E-state index is 6.95. The van der Waals surface area contributed by atoms with Crippen molar-refractivity contribution in [3.05, 3.63) is 204 Å². The van der Waals surface area contributed by atoms with Gasteiger partial charge in [-0.1, -0.05) is 127 Å². The van der Waals surface area contributed by atoms with Crippen LogP contribution in [-0.4, -0.2) is 9.13 Å².